The third-order valence-corrected chi connectivity index (χ3v) is 21.3. The van der Waals surface area contributed by atoms with Crippen LogP contribution in [0.5, 0.6) is 0 Å². The van der Waals surface area contributed by atoms with Crippen molar-refractivity contribution in [3.63, 3.8) is 0 Å². The summed E-state index contributed by atoms with van der Waals surface area (Å²) in [5.41, 5.74) is 9.37. The van der Waals surface area contributed by atoms with E-state index in [1.54, 1.807) is 126 Å². The summed E-state index contributed by atoms with van der Waals surface area (Å²) in [7, 11) is 0. The van der Waals surface area contributed by atoms with Crippen LogP contribution in [0.25, 0.3) is 66.1 Å². The van der Waals surface area contributed by atoms with E-state index in [4.69, 9.17) is 0 Å². The van der Waals surface area contributed by atoms with Crippen LogP contribution in [0.3, 0.4) is 0 Å². The SMILES string of the molecule is CC(=O)c1nn(CC(=O)N2C[C@H](F)C[C@H]2C(=O)Nc2cccc(Br)n2)c2ccc(-c3cnc(C)nc3)cc12.CC(=O)c1nn(CC(=O)N2C[C@H](F)C[C@H]2C(=O)Nc2nc(Br)ccc2C)c2c(C)cc(-c3cnc(C)nc3)cc12.CC(=O)c1nn(CC(=O)N2C[C@H](F)C[C@H]2C(=O)Nc2nc(Br)ccc2C)c2ccc(-c3cnc(C)nc3)cc12. The van der Waals surface area contributed by atoms with Gasteiger partial charge in [0, 0.05) is 110 Å². The molecule has 3 N–H and O–H groups in total. The van der Waals surface area contributed by atoms with Crippen LogP contribution in [-0.4, -0.2) is 198 Å². The number of carbonyl (C=O) groups is 9. The fraction of sp³-hybridized carbons (Fsp3) is 0.296. The molecule has 0 unspecified atom stereocenters. The van der Waals surface area contributed by atoms with E-state index >= 15 is 0 Å². The number of Topliss-reactive ketones (excluding diaryl/α,β-unsaturated/α-hetero) is 3. The standard InChI is InChI=1S/C28H27BrFN7O3.C27H25BrFN7O3.C26H23BrFN7O3/c1-14-5-6-23(29)33-27(14)34-28(40)22-9-20(30)12-36(22)24(39)13-37-26-15(2)7-18(19-10-31-17(4)32-11-19)8-21(26)25(35-37)16(3)38;1-14-4-7-23(28)32-26(14)33-27(39)22-9-19(29)12-35(22)24(38)13-36-21-6-5-17(18-10-30-16(3)31-11-18)8-20(21)25(34-36)15(2)37;1-14(36)25-19-8-16(17-10-29-15(2)30-11-17)6-7-20(19)35(33-25)13-24(37)34-12-18(28)9-21(34)26(38)32-23-5-3-4-22(27)31-23/h5-8,10-11,20,22H,9,12-13H2,1-4H3,(H,33,34,40);4-8,10-11,19,22H,9,12-13H2,1-3H3,(H,32,33,39);3-8,10-11,18,21H,9,12-13H2,1-2H3,(H,31,32,38)/t20-,22+;19-,22+;18-,21+/m111/s1. The Hall–Kier alpha value is -12.2. The summed E-state index contributed by atoms with van der Waals surface area (Å²) >= 11 is 9.80. The second kappa shape index (κ2) is 35.1. The summed E-state index contributed by atoms with van der Waals surface area (Å²) in [5, 5.41) is 23.1. The molecule has 3 aliphatic rings. The molecule has 0 saturated carbocycles. The lowest BCUT2D eigenvalue weighted by Gasteiger charge is -2.24. The highest BCUT2D eigenvalue weighted by Crippen LogP contribution is 2.35. The number of carbonyl (C=O) groups excluding carboxylic acids is 9. The van der Waals surface area contributed by atoms with Gasteiger partial charge in [-0.15, -0.1) is 0 Å². The van der Waals surface area contributed by atoms with Gasteiger partial charge in [-0.1, -0.05) is 30.3 Å². The van der Waals surface area contributed by atoms with Gasteiger partial charge in [0.05, 0.1) is 36.2 Å². The van der Waals surface area contributed by atoms with E-state index in [1.807, 2.05) is 43.3 Å². The van der Waals surface area contributed by atoms with Crippen molar-refractivity contribution in [2.75, 3.05) is 35.6 Å². The molecule has 3 aromatic carbocycles. The lowest BCUT2D eigenvalue weighted by molar-refractivity contribution is -0.137. The molecular weight excluding hydrogens is 1710 g/mol. The van der Waals surface area contributed by atoms with Gasteiger partial charge < -0.3 is 30.7 Å². The molecule has 36 heteroatoms. The molecule has 117 heavy (non-hydrogen) atoms. The Morgan fingerprint density at radius 2 is 0.744 bits per heavy atom. The van der Waals surface area contributed by atoms with E-state index in [0.29, 0.717) is 75.6 Å². The van der Waals surface area contributed by atoms with Crippen molar-refractivity contribution in [3.05, 3.63) is 193 Å². The fourth-order valence-corrected chi connectivity index (χ4v) is 15.1. The van der Waals surface area contributed by atoms with E-state index in [1.165, 1.54) is 49.5 Å². The Labute approximate surface area is 691 Å². The maximum absolute atomic E-state index is 14.5. The normalized spacial score (nSPS) is 17.0. The minimum Gasteiger partial charge on any atom is -0.326 e. The van der Waals surface area contributed by atoms with Crippen molar-refractivity contribution >= 4 is 151 Å². The number of amides is 6. The zero-order valence-corrected chi connectivity index (χ0v) is 69.2. The van der Waals surface area contributed by atoms with Gasteiger partial charge in [-0.25, -0.2) is 58.0 Å². The van der Waals surface area contributed by atoms with Crippen molar-refractivity contribution in [1.82, 2.24) is 88.9 Å². The predicted octanol–water partition coefficient (Wildman–Crippen LogP) is 12.1. The van der Waals surface area contributed by atoms with Gasteiger partial charge in [0.15, 0.2) is 17.3 Å². The number of nitrogens with one attached hydrogen (secondary N) is 3. The molecule has 0 radical (unpaired) electrons. The van der Waals surface area contributed by atoms with Gasteiger partial charge in [-0.2, -0.15) is 15.3 Å². The van der Waals surface area contributed by atoms with Crippen LogP contribution in [0.1, 0.15) is 106 Å². The summed E-state index contributed by atoms with van der Waals surface area (Å²) < 4.78 is 49.3. The topological polar surface area (TPSA) is 369 Å². The predicted molar refractivity (Wildman–Crippen MR) is 437 cm³/mol. The van der Waals surface area contributed by atoms with Crippen molar-refractivity contribution in [1.29, 1.82) is 0 Å². The average molecular weight is 1780 g/mol. The molecule has 3 fully saturated rings. The number of fused-ring (bicyclic) bond motifs is 3. The number of alkyl halides is 3. The number of hydrogen-bond acceptors (Lipinski definition) is 21. The number of aryl methyl sites for hydroxylation is 6. The van der Waals surface area contributed by atoms with Crippen molar-refractivity contribution in [3.8, 4) is 33.4 Å². The zero-order valence-electron chi connectivity index (χ0n) is 64.4. The first-order valence-corrected chi connectivity index (χ1v) is 39.2. The summed E-state index contributed by atoms with van der Waals surface area (Å²) in [6.45, 7) is 13.6. The van der Waals surface area contributed by atoms with E-state index in [9.17, 15) is 56.3 Å². The molecule has 12 aromatic rings. The molecule has 3 aliphatic heterocycles. The largest absolute Gasteiger partial charge is 0.326 e. The highest BCUT2D eigenvalue weighted by Gasteiger charge is 2.43. The van der Waals surface area contributed by atoms with Crippen LogP contribution in [0.2, 0.25) is 0 Å². The van der Waals surface area contributed by atoms with Crippen molar-refractivity contribution < 1.29 is 56.3 Å². The molecule has 0 bridgehead atoms. The maximum atomic E-state index is 14.5. The maximum Gasteiger partial charge on any atom is 0.248 e. The molecule has 6 amide bonds. The highest BCUT2D eigenvalue weighted by molar-refractivity contribution is 9.11. The molecule has 0 spiro atoms. The fourth-order valence-electron chi connectivity index (χ4n) is 14.1. The van der Waals surface area contributed by atoms with Gasteiger partial charge in [-0.05, 0) is 183 Å². The Morgan fingerprint density at radius 3 is 1.14 bits per heavy atom. The van der Waals surface area contributed by atoms with Crippen LogP contribution >= 0.6 is 47.8 Å². The summed E-state index contributed by atoms with van der Waals surface area (Å²) in [6.07, 6.45) is 5.81. The number of nitrogens with zero attached hydrogens (tertiary/aromatic N) is 18. The minimum atomic E-state index is -1.35. The second-order valence-corrected chi connectivity index (χ2v) is 30.9. The minimum absolute atomic E-state index is 0.119. The van der Waals surface area contributed by atoms with Crippen molar-refractivity contribution in [2.45, 2.75) is 138 Å². The molecule has 30 nitrogen and oxygen atoms in total. The number of benzene rings is 3. The molecule has 15 rings (SSSR count). The first-order chi connectivity index (χ1) is 55.8. The molecule has 9 aromatic heterocycles. The van der Waals surface area contributed by atoms with E-state index < -0.39 is 72.1 Å². The molecule has 6 atom stereocenters. The Morgan fingerprint density at radius 1 is 0.393 bits per heavy atom. The number of aromatic nitrogens is 15. The Balaban J connectivity index is 0.000000152. The van der Waals surface area contributed by atoms with Crippen LogP contribution < -0.4 is 16.0 Å². The molecule has 600 valence electrons. The highest BCUT2D eigenvalue weighted by atomic mass is 79.9. The van der Waals surface area contributed by atoms with Gasteiger partial charge in [0.1, 0.15) is 122 Å². The number of hydrogen-bond donors (Lipinski definition) is 3. The number of halogens is 6. The number of ketones is 3. The summed E-state index contributed by atoms with van der Waals surface area (Å²) in [4.78, 5) is 158. The first-order valence-electron chi connectivity index (χ1n) is 36.9. The number of pyridine rings is 3. The third kappa shape index (κ3) is 18.7. The third-order valence-electron chi connectivity index (χ3n) is 19.9. The second-order valence-electron chi connectivity index (χ2n) is 28.5. The van der Waals surface area contributed by atoms with Crippen LogP contribution in [0, 0.1) is 41.5 Å². The smallest absolute Gasteiger partial charge is 0.248 e. The first kappa shape index (κ1) is 82.8. The number of rotatable bonds is 18. The monoisotopic (exact) mass is 1780 g/mol. The van der Waals surface area contributed by atoms with Crippen LogP contribution in [-0.2, 0) is 48.4 Å². The average Bonchev–Trinajstić information content (AvgIpc) is 1.58. The van der Waals surface area contributed by atoms with Crippen molar-refractivity contribution in [2.24, 2.45) is 0 Å². The van der Waals surface area contributed by atoms with Gasteiger partial charge in [0.2, 0.25) is 35.4 Å². The lowest BCUT2D eigenvalue weighted by atomic mass is 10.0. The number of anilines is 3. The van der Waals surface area contributed by atoms with Crippen LogP contribution in [0.4, 0.5) is 30.6 Å². The summed E-state index contributed by atoms with van der Waals surface area (Å²) in [6, 6.07) is 23.6. The molecular formula is C81H75Br3F3N21O9. The Kier molecular flexibility index (Phi) is 24.8. The Bertz CT molecular complexity index is 5950. The lowest BCUT2D eigenvalue weighted by Crippen LogP contribution is -2.44. The molecule has 0 aliphatic carbocycles. The van der Waals surface area contributed by atoms with E-state index in [2.05, 4.69) is 124 Å². The molecule has 12 heterocycles. The molecule has 3 saturated heterocycles. The van der Waals surface area contributed by atoms with Gasteiger partial charge in [0.25, 0.3) is 0 Å². The number of likely N-dealkylation sites (tertiary alicyclic amines) is 3. The van der Waals surface area contributed by atoms with Gasteiger partial charge >= 0.3 is 0 Å². The summed E-state index contributed by atoms with van der Waals surface area (Å²) in [5.74, 6) is -0.891. The van der Waals surface area contributed by atoms with Crippen LogP contribution in [0.15, 0.2) is 142 Å². The van der Waals surface area contributed by atoms with Gasteiger partial charge in [-0.3, -0.25) is 57.2 Å². The van der Waals surface area contributed by atoms with E-state index in [0.717, 1.165) is 50.1 Å². The quantitative estimate of drug-likeness (QED) is 0.0530. The van der Waals surface area contributed by atoms with E-state index in [-0.39, 0.29) is 98.8 Å². The zero-order chi connectivity index (χ0) is 83.5.